The second kappa shape index (κ2) is 5.52. The third-order valence-corrected chi connectivity index (χ3v) is 3.62. The molecule has 2 N–H and O–H groups in total. The summed E-state index contributed by atoms with van der Waals surface area (Å²) < 4.78 is 26.5. The Balaban J connectivity index is 1.86. The van der Waals surface area contributed by atoms with Crippen molar-refractivity contribution in [3.05, 3.63) is 71.3 Å². The zero-order valence-electron chi connectivity index (χ0n) is 11.3. The number of hydrogen-bond donors (Lipinski definition) is 1. The monoisotopic (exact) mass is 287 g/mol. The SMILES string of the molecule is NC1=NCC(c2ccc(F)c(F)c2)N1Cc1ccccc1. The maximum absolute atomic E-state index is 13.4. The molecule has 1 aliphatic heterocycles. The Labute approximate surface area is 121 Å². The van der Waals surface area contributed by atoms with Gasteiger partial charge < -0.3 is 10.6 Å². The van der Waals surface area contributed by atoms with Crippen LogP contribution in [0, 0.1) is 11.6 Å². The molecule has 5 heteroatoms. The van der Waals surface area contributed by atoms with Crippen LogP contribution in [0.3, 0.4) is 0 Å². The second-order valence-corrected chi connectivity index (χ2v) is 5.00. The molecule has 3 nitrogen and oxygen atoms in total. The van der Waals surface area contributed by atoms with Crippen molar-refractivity contribution in [3.63, 3.8) is 0 Å². The van der Waals surface area contributed by atoms with Crippen LogP contribution in [0.5, 0.6) is 0 Å². The Morgan fingerprint density at radius 3 is 2.57 bits per heavy atom. The van der Waals surface area contributed by atoms with E-state index in [9.17, 15) is 8.78 Å². The van der Waals surface area contributed by atoms with Gasteiger partial charge in [0, 0.05) is 6.54 Å². The van der Waals surface area contributed by atoms with Gasteiger partial charge in [0.1, 0.15) is 0 Å². The Hall–Kier alpha value is -2.43. The quantitative estimate of drug-likeness (QED) is 0.943. The molecule has 0 amide bonds. The van der Waals surface area contributed by atoms with Crippen molar-refractivity contribution in [2.45, 2.75) is 12.6 Å². The number of rotatable bonds is 3. The predicted molar refractivity (Wildman–Crippen MR) is 77.6 cm³/mol. The molecule has 1 unspecified atom stereocenters. The highest BCUT2D eigenvalue weighted by Crippen LogP contribution is 2.28. The van der Waals surface area contributed by atoms with Crippen molar-refractivity contribution in [2.24, 2.45) is 10.7 Å². The van der Waals surface area contributed by atoms with E-state index in [-0.39, 0.29) is 6.04 Å². The molecular weight excluding hydrogens is 272 g/mol. The lowest BCUT2D eigenvalue weighted by Crippen LogP contribution is -2.35. The van der Waals surface area contributed by atoms with E-state index in [2.05, 4.69) is 4.99 Å². The van der Waals surface area contributed by atoms with E-state index in [0.29, 0.717) is 24.6 Å². The number of guanidine groups is 1. The van der Waals surface area contributed by atoms with Crippen molar-refractivity contribution in [3.8, 4) is 0 Å². The molecule has 0 saturated heterocycles. The minimum atomic E-state index is -0.849. The van der Waals surface area contributed by atoms with Crippen molar-refractivity contribution in [1.29, 1.82) is 0 Å². The molecule has 0 spiro atoms. The molecule has 0 bridgehead atoms. The molecule has 0 fully saturated rings. The standard InChI is InChI=1S/C16H15F2N3/c17-13-7-6-12(8-14(13)18)15-9-20-16(19)21(15)10-11-4-2-1-3-5-11/h1-8,15H,9-10H2,(H2,19,20). The van der Waals surface area contributed by atoms with Gasteiger partial charge in [-0.25, -0.2) is 8.78 Å². The highest BCUT2D eigenvalue weighted by Gasteiger charge is 2.28. The Kier molecular flexibility index (Phi) is 3.56. The van der Waals surface area contributed by atoms with Crippen molar-refractivity contribution in [2.75, 3.05) is 6.54 Å². The van der Waals surface area contributed by atoms with Crippen molar-refractivity contribution in [1.82, 2.24) is 4.90 Å². The minimum absolute atomic E-state index is 0.166. The van der Waals surface area contributed by atoms with Gasteiger partial charge in [0.15, 0.2) is 17.6 Å². The molecule has 1 aliphatic rings. The number of aliphatic imine (C=N–C) groups is 1. The second-order valence-electron chi connectivity index (χ2n) is 5.00. The molecule has 0 saturated carbocycles. The lowest BCUT2D eigenvalue weighted by Gasteiger charge is -2.26. The Morgan fingerprint density at radius 2 is 1.86 bits per heavy atom. The minimum Gasteiger partial charge on any atom is -0.370 e. The van der Waals surface area contributed by atoms with Gasteiger partial charge in [-0.3, -0.25) is 4.99 Å². The van der Waals surface area contributed by atoms with E-state index >= 15 is 0 Å². The van der Waals surface area contributed by atoms with Gasteiger partial charge in [-0.05, 0) is 23.3 Å². The highest BCUT2D eigenvalue weighted by atomic mass is 19.2. The van der Waals surface area contributed by atoms with E-state index < -0.39 is 11.6 Å². The molecule has 108 valence electrons. The fourth-order valence-electron chi connectivity index (χ4n) is 2.51. The third-order valence-electron chi connectivity index (χ3n) is 3.62. The maximum Gasteiger partial charge on any atom is 0.192 e. The van der Waals surface area contributed by atoms with Crippen LogP contribution in [0.4, 0.5) is 8.78 Å². The molecule has 21 heavy (non-hydrogen) atoms. The molecule has 1 atom stereocenters. The zero-order chi connectivity index (χ0) is 14.8. The molecule has 3 rings (SSSR count). The molecular formula is C16H15F2N3. The lowest BCUT2D eigenvalue weighted by molar-refractivity contribution is 0.338. The largest absolute Gasteiger partial charge is 0.370 e. The number of hydrogen-bond acceptors (Lipinski definition) is 3. The molecule has 2 aromatic carbocycles. The summed E-state index contributed by atoms with van der Waals surface area (Å²) in [6, 6.07) is 13.6. The summed E-state index contributed by atoms with van der Waals surface area (Å²) in [4.78, 5) is 6.13. The third kappa shape index (κ3) is 2.72. The van der Waals surface area contributed by atoms with Gasteiger partial charge >= 0.3 is 0 Å². The van der Waals surface area contributed by atoms with E-state index in [0.717, 1.165) is 11.6 Å². The summed E-state index contributed by atoms with van der Waals surface area (Å²) in [7, 11) is 0. The van der Waals surface area contributed by atoms with E-state index in [1.165, 1.54) is 6.07 Å². The fraction of sp³-hybridized carbons (Fsp3) is 0.188. The Morgan fingerprint density at radius 1 is 1.10 bits per heavy atom. The summed E-state index contributed by atoms with van der Waals surface area (Å²) in [5.41, 5.74) is 7.69. The molecule has 0 aliphatic carbocycles. The van der Waals surface area contributed by atoms with Gasteiger partial charge in [0.05, 0.1) is 12.6 Å². The van der Waals surface area contributed by atoms with Gasteiger partial charge in [-0.1, -0.05) is 36.4 Å². The first-order valence-corrected chi connectivity index (χ1v) is 6.70. The summed E-state index contributed by atoms with van der Waals surface area (Å²) >= 11 is 0. The average Bonchev–Trinajstić information content (AvgIpc) is 2.85. The van der Waals surface area contributed by atoms with Crippen molar-refractivity contribution < 1.29 is 8.78 Å². The summed E-state index contributed by atoms with van der Waals surface area (Å²) in [5, 5.41) is 0. The van der Waals surface area contributed by atoms with Gasteiger partial charge in [-0.15, -0.1) is 0 Å². The van der Waals surface area contributed by atoms with Gasteiger partial charge in [0.2, 0.25) is 0 Å². The molecule has 0 aromatic heterocycles. The molecule has 1 heterocycles. The van der Waals surface area contributed by atoms with Crippen LogP contribution in [0.25, 0.3) is 0 Å². The summed E-state index contributed by atoms with van der Waals surface area (Å²) in [6.07, 6.45) is 0. The summed E-state index contributed by atoms with van der Waals surface area (Å²) in [6.45, 7) is 1.03. The first-order chi connectivity index (χ1) is 10.1. The lowest BCUT2D eigenvalue weighted by atomic mass is 10.1. The van der Waals surface area contributed by atoms with Crippen LogP contribution < -0.4 is 5.73 Å². The first kappa shape index (κ1) is 13.5. The van der Waals surface area contributed by atoms with E-state index in [1.807, 2.05) is 35.2 Å². The Bertz CT molecular complexity index is 670. The molecule has 2 aromatic rings. The van der Waals surface area contributed by atoms with Crippen LogP contribution in [0.1, 0.15) is 17.2 Å². The van der Waals surface area contributed by atoms with Crippen LogP contribution in [0.15, 0.2) is 53.5 Å². The van der Waals surface area contributed by atoms with Crippen LogP contribution in [-0.4, -0.2) is 17.4 Å². The maximum atomic E-state index is 13.4. The molecule has 0 radical (unpaired) electrons. The number of nitrogens with zero attached hydrogens (tertiary/aromatic N) is 2. The zero-order valence-corrected chi connectivity index (χ0v) is 11.3. The van der Waals surface area contributed by atoms with Gasteiger partial charge in [0.25, 0.3) is 0 Å². The van der Waals surface area contributed by atoms with Crippen LogP contribution in [0.2, 0.25) is 0 Å². The number of benzene rings is 2. The average molecular weight is 287 g/mol. The van der Waals surface area contributed by atoms with Crippen molar-refractivity contribution >= 4 is 5.96 Å². The van der Waals surface area contributed by atoms with Crippen LogP contribution >= 0.6 is 0 Å². The first-order valence-electron chi connectivity index (χ1n) is 6.70. The number of halogens is 2. The van der Waals surface area contributed by atoms with Crippen LogP contribution in [-0.2, 0) is 6.54 Å². The number of nitrogens with two attached hydrogens (primary N) is 1. The smallest absolute Gasteiger partial charge is 0.192 e. The normalized spacial score (nSPS) is 17.9. The van der Waals surface area contributed by atoms with E-state index in [1.54, 1.807) is 6.07 Å². The van der Waals surface area contributed by atoms with E-state index in [4.69, 9.17) is 5.73 Å². The topological polar surface area (TPSA) is 41.6 Å². The highest BCUT2D eigenvalue weighted by molar-refractivity contribution is 5.80. The van der Waals surface area contributed by atoms with Gasteiger partial charge in [-0.2, -0.15) is 0 Å². The predicted octanol–water partition coefficient (Wildman–Crippen LogP) is 2.84. The summed E-state index contributed by atoms with van der Waals surface area (Å²) in [5.74, 6) is -1.27. The fourth-order valence-corrected chi connectivity index (χ4v) is 2.51.